The van der Waals surface area contributed by atoms with Gasteiger partial charge in [0.1, 0.15) is 5.75 Å². The van der Waals surface area contributed by atoms with E-state index in [0.717, 1.165) is 35.8 Å². The molecule has 2 aromatic rings. The smallest absolute Gasteiger partial charge is 0.478 e. The lowest BCUT2D eigenvalue weighted by Gasteiger charge is -2.21. The number of hydrogen-bond acceptors (Lipinski definition) is 6. The minimum atomic E-state index is -4.88. The first-order chi connectivity index (χ1) is 14.1. The van der Waals surface area contributed by atoms with Crippen LogP contribution in [0, 0.1) is 0 Å². The number of carboxylic acid groups (broad SMARTS) is 1. The van der Waals surface area contributed by atoms with Crippen LogP contribution in [0.15, 0.2) is 35.1 Å². The van der Waals surface area contributed by atoms with Gasteiger partial charge in [0.15, 0.2) is 0 Å². The third-order valence-electron chi connectivity index (χ3n) is 3.58. The van der Waals surface area contributed by atoms with Crippen LogP contribution in [-0.4, -0.2) is 40.1 Å². The van der Waals surface area contributed by atoms with Crippen molar-refractivity contribution in [3.8, 4) is 5.75 Å². The number of anilines is 1. The molecule has 0 aliphatic carbocycles. The Kier molecular flexibility index (Phi) is 7.98. The van der Waals surface area contributed by atoms with Gasteiger partial charge in [0.05, 0.1) is 18.7 Å². The summed E-state index contributed by atoms with van der Waals surface area (Å²) >= 11 is 3.10. The Morgan fingerprint density at radius 2 is 1.87 bits per heavy atom. The highest BCUT2D eigenvalue weighted by atomic mass is 79.9. The van der Waals surface area contributed by atoms with Gasteiger partial charge in [-0.2, -0.15) is 0 Å². The fourth-order valence-electron chi connectivity index (χ4n) is 2.26. The molecule has 2 rings (SSSR count). The van der Waals surface area contributed by atoms with Crippen LogP contribution < -0.4 is 9.64 Å². The second-order valence-electron chi connectivity index (χ2n) is 5.97. The highest BCUT2D eigenvalue weighted by Crippen LogP contribution is 2.28. The average Bonchev–Trinajstić information content (AvgIpc) is 2.64. The van der Waals surface area contributed by atoms with Crippen LogP contribution in [0.4, 0.5) is 23.9 Å². The van der Waals surface area contributed by atoms with Crippen molar-refractivity contribution in [3.63, 3.8) is 0 Å². The Bertz CT molecular complexity index is 894. The van der Waals surface area contributed by atoms with E-state index in [-0.39, 0.29) is 30.2 Å². The van der Waals surface area contributed by atoms with Crippen LogP contribution in [0.25, 0.3) is 0 Å². The summed E-state index contributed by atoms with van der Waals surface area (Å²) in [5.41, 5.74) is 0.0725. The third-order valence-corrected chi connectivity index (χ3v) is 4.03. The number of amides is 1. The quantitative estimate of drug-likeness (QED) is 0.530. The zero-order valence-electron chi connectivity index (χ0n) is 15.6. The van der Waals surface area contributed by atoms with E-state index in [1.807, 2.05) is 6.92 Å². The molecule has 0 radical (unpaired) electrons. The Labute approximate surface area is 177 Å². The summed E-state index contributed by atoms with van der Waals surface area (Å²) in [6.07, 6.45) is -2.30. The average molecular weight is 492 g/mol. The highest BCUT2D eigenvalue weighted by molar-refractivity contribution is 9.10. The zero-order valence-corrected chi connectivity index (χ0v) is 17.2. The number of hydrogen-bond donors (Lipinski definition) is 1. The molecule has 0 unspecified atom stereocenters. The maximum Gasteiger partial charge on any atom is 0.573 e. The number of aromatic carboxylic acids is 1. The van der Waals surface area contributed by atoms with Crippen LogP contribution in [0.1, 0.15) is 35.7 Å². The number of carboxylic acids is 1. The van der Waals surface area contributed by atoms with Crippen LogP contribution in [0.5, 0.6) is 5.75 Å². The molecule has 0 atom stereocenters. The number of halogens is 4. The largest absolute Gasteiger partial charge is 0.573 e. The van der Waals surface area contributed by atoms with E-state index < -0.39 is 24.2 Å². The van der Waals surface area contributed by atoms with Crippen molar-refractivity contribution < 1.29 is 37.3 Å². The van der Waals surface area contributed by atoms with Crippen molar-refractivity contribution in [2.45, 2.75) is 32.7 Å². The van der Waals surface area contributed by atoms with Crippen molar-refractivity contribution in [1.82, 2.24) is 9.97 Å². The molecule has 0 saturated carbocycles. The number of nitrogens with zero attached hydrogens (tertiary/aromatic N) is 3. The minimum absolute atomic E-state index is 0.125. The van der Waals surface area contributed by atoms with Crippen molar-refractivity contribution in [2.24, 2.45) is 0 Å². The Balaban J connectivity index is 2.32. The Morgan fingerprint density at radius 1 is 1.20 bits per heavy atom. The predicted octanol–water partition coefficient (Wildman–Crippen LogP) is 4.78. The fraction of sp³-hybridized carbons (Fsp3) is 0.333. The van der Waals surface area contributed by atoms with E-state index >= 15 is 0 Å². The van der Waals surface area contributed by atoms with Crippen LogP contribution in [0.3, 0.4) is 0 Å². The molecule has 1 aromatic heterocycles. The van der Waals surface area contributed by atoms with Crippen LogP contribution in [-0.2, 0) is 11.3 Å². The molecule has 1 amide bonds. The second kappa shape index (κ2) is 10.2. The molecular weight excluding hydrogens is 475 g/mol. The van der Waals surface area contributed by atoms with Gasteiger partial charge in [-0.25, -0.2) is 24.5 Å². The fourth-order valence-corrected chi connectivity index (χ4v) is 2.78. The first kappa shape index (κ1) is 23.4. The SMILES string of the molecule is CCCCOC(=O)N(Cc1cc(Br)cc(OC(F)(F)F)c1)c1ncc(C(=O)O)cn1. The van der Waals surface area contributed by atoms with E-state index in [1.165, 1.54) is 6.07 Å². The maximum atomic E-state index is 12.5. The standard InChI is InChI=1S/C18H17BrF3N3O5/c1-2-3-4-29-17(28)25(16-23-8-12(9-24-16)15(26)27)10-11-5-13(19)7-14(6-11)30-18(20,21)22/h5-9H,2-4,10H2,1H3,(H,26,27). The van der Waals surface area contributed by atoms with Gasteiger partial charge in [-0.15, -0.1) is 13.2 Å². The number of carbonyl (C=O) groups is 2. The highest BCUT2D eigenvalue weighted by Gasteiger charge is 2.31. The molecule has 0 aliphatic rings. The summed E-state index contributed by atoms with van der Waals surface area (Å²) < 4.78 is 47.0. The molecule has 0 aliphatic heterocycles. The van der Waals surface area contributed by atoms with E-state index in [9.17, 15) is 22.8 Å². The molecule has 162 valence electrons. The number of rotatable bonds is 8. The number of benzene rings is 1. The van der Waals surface area contributed by atoms with Gasteiger partial charge >= 0.3 is 18.4 Å². The van der Waals surface area contributed by atoms with Gasteiger partial charge in [-0.3, -0.25) is 0 Å². The van der Waals surface area contributed by atoms with E-state index in [0.29, 0.717) is 10.9 Å². The van der Waals surface area contributed by atoms with E-state index in [2.05, 4.69) is 30.6 Å². The van der Waals surface area contributed by atoms with Crippen molar-refractivity contribution in [3.05, 3.63) is 46.2 Å². The molecule has 1 N–H and O–H groups in total. The summed E-state index contributed by atoms with van der Waals surface area (Å²) in [6.45, 7) is 1.79. The molecule has 0 bridgehead atoms. The van der Waals surface area contributed by atoms with E-state index in [1.54, 1.807) is 0 Å². The van der Waals surface area contributed by atoms with Gasteiger partial charge in [0.25, 0.3) is 0 Å². The van der Waals surface area contributed by atoms with Gasteiger partial charge in [-0.1, -0.05) is 29.3 Å². The summed E-state index contributed by atoms with van der Waals surface area (Å²) in [7, 11) is 0. The number of unbranched alkanes of at least 4 members (excludes halogenated alkanes) is 1. The molecule has 1 heterocycles. The zero-order chi connectivity index (χ0) is 22.3. The number of aromatic nitrogens is 2. The molecule has 0 fully saturated rings. The van der Waals surface area contributed by atoms with Gasteiger partial charge in [0.2, 0.25) is 5.95 Å². The first-order valence-corrected chi connectivity index (χ1v) is 9.43. The molecule has 0 saturated heterocycles. The molecule has 8 nitrogen and oxygen atoms in total. The van der Waals surface area contributed by atoms with Gasteiger partial charge in [-0.05, 0) is 30.2 Å². The van der Waals surface area contributed by atoms with Crippen LogP contribution in [0.2, 0.25) is 0 Å². The first-order valence-electron chi connectivity index (χ1n) is 8.64. The Hall–Kier alpha value is -2.89. The number of carbonyl (C=O) groups excluding carboxylic acids is 1. The second-order valence-corrected chi connectivity index (χ2v) is 6.89. The summed E-state index contributed by atoms with van der Waals surface area (Å²) in [5.74, 6) is -1.90. The topological polar surface area (TPSA) is 102 Å². The van der Waals surface area contributed by atoms with Gasteiger partial charge in [0, 0.05) is 16.9 Å². The number of alkyl halides is 3. The lowest BCUT2D eigenvalue weighted by Crippen LogP contribution is -2.33. The monoisotopic (exact) mass is 491 g/mol. The molecule has 1 aromatic carbocycles. The Morgan fingerprint density at radius 3 is 2.43 bits per heavy atom. The molecular formula is C18H17BrF3N3O5. The van der Waals surface area contributed by atoms with Gasteiger partial charge < -0.3 is 14.6 Å². The summed E-state index contributed by atoms with van der Waals surface area (Å²) in [6, 6.07) is 3.72. The van der Waals surface area contributed by atoms with Crippen molar-refractivity contribution in [2.75, 3.05) is 11.5 Å². The molecule has 0 spiro atoms. The molecule has 12 heteroatoms. The van der Waals surface area contributed by atoms with Crippen LogP contribution >= 0.6 is 15.9 Å². The predicted molar refractivity (Wildman–Crippen MR) is 102 cm³/mol. The molecule has 30 heavy (non-hydrogen) atoms. The normalized spacial score (nSPS) is 11.1. The minimum Gasteiger partial charge on any atom is -0.478 e. The summed E-state index contributed by atoms with van der Waals surface area (Å²) in [5, 5.41) is 8.96. The maximum absolute atomic E-state index is 12.5. The van der Waals surface area contributed by atoms with Crippen molar-refractivity contribution in [1.29, 1.82) is 0 Å². The lowest BCUT2D eigenvalue weighted by molar-refractivity contribution is -0.274. The summed E-state index contributed by atoms with van der Waals surface area (Å²) in [4.78, 5) is 32.2. The number of ether oxygens (including phenoxy) is 2. The van der Waals surface area contributed by atoms with E-state index in [4.69, 9.17) is 9.84 Å². The van der Waals surface area contributed by atoms with Crippen molar-refractivity contribution >= 4 is 33.9 Å². The third kappa shape index (κ3) is 7.17. The lowest BCUT2D eigenvalue weighted by atomic mass is 10.2.